The van der Waals surface area contributed by atoms with Gasteiger partial charge in [0, 0.05) is 6.42 Å². The summed E-state index contributed by atoms with van der Waals surface area (Å²) in [7, 11) is 0. The second kappa shape index (κ2) is 6.74. The number of rotatable bonds is 7. The van der Waals surface area contributed by atoms with Crippen LogP contribution in [0.25, 0.3) is 0 Å². The van der Waals surface area contributed by atoms with Crippen molar-refractivity contribution < 1.29 is 4.79 Å². The molecule has 0 amide bonds. The molecule has 0 fully saturated rings. The molecular formula is C11H17NOS. The average molecular weight is 211 g/mol. The van der Waals surface area contributed by atoms with Crippen molar-refractivity contribution in [3.05, 3.63) is 22.4 Å². The molecule has 0 aliphatic carbocycles. The summed E-state index contributed by atoms with van der Waals surface area (Å²) in [5, 5.41) is 7.27. The van der Waals surface area contributed by atoms with Crippen molar-refractivity contribution in [2.45, 2.75) is 26.2 Å². The summed E-state index contributed by atoms with van der Waals surface area (Å²) in [6.45, 7) is 3.56. The highest BCUT2D eigenvalue weighted by Gasteiger charge is 2.01. The highest BCUT2D eigenvalue weighted by atomic mass is 32.1. The van der Waals surface area contributed by atoms with Crippen LogP contribution >= 0.6 is 11.3 Å². The van der Waals surface area contributed by atoms with E-state index in [1.807, 2.05) is 0 Å². The fourth-order valence-corrected chi connectivity index (χ4v) is 1.91. The van der Waals surface area contributed by atoms with Crippen LogP contribution in [0.1, 0.15) is 25.3 Å². The molecule has 0 aliphatic heterocycles. The molecule has 1 heterocycles. The predicted molar refractivity (Wildman–Crippen MR) is 60.8 cm³/mol. The Morgan fingerprint density at radius 2 is 2.43 bits per heavy atom. The van der Waals surface area contributed by atoms with E-state index in [9.17, 15) is 4.79 Å². The summed E-state index contributed by atoms with van der Waals surface area (Å²) >= 11 is 1.69. The number of nitrogens with one attached hydrogen (secondary N) is 1. The van der Waals surface area contributed by atoms with Crippen LogP contribution < -0.4 is 5.32 Å². The predicted octanol–water partition coefficient (Wildman–Crippen LogP) is 2.25. The van der Waals surface area contributed by atoms with Gasteiger partial charge >= 0.3 is 0 Å². The lowest BCUT2D eigenvalue weighted by Crippen LogP contribution is -2.23. The number of thiophene rings is 1. The van der Waals surface area contributed by atoms with Gasteiger partial charge in [-0.1, -0.05) is 6.92 Å². The molecule has 0 spiro atoms. The molecule has 0 aliphatic rings. The fraction of sp³-hybridized carbons (Fsp3) is 0.545. The van der Waals surface area contributed by atoms with Gasteiger partial charge in [0.2, 0.25) is 0 Å². The van der Waals surface area contributed by atoms with Crippen molar-refractivity contribution in [3.63, 3.8) is 0 Å². The van der Waals surface area contributed by atoms with Crippen LogP contribution in [0.15, 0.2) is 16.8 Å². The van der Waals surface area contributed by atoms with Gasteiger partial charge < -0.3 is 5.32 Å². The highest BCUT2D eigenvalue weighted by Crippen LogP contribution is 2.08. The Hall–Kier alpha value is -0.670. The van der Waals surface area contributed by atoms with E-state index in [0.717, 1.165) is 19.4 Å². The first-order valence-electron chi connectivity index (χ1n) is 5.06. The summed E-state index contributed by atoms with van der Waals surface area (Å²) in [6, 6.07) is 2.08. The van der Waals surface area contributed by atoms with Gasteiger partial charge in [-0.3, -0.25) is 4.79 Å². The van der Waals surface area contributed by atoms with Crippen LogP contribution in [-0.2, 0) is 11.2 Å². The minimum atomic E-state index is 0.310. The number of hydrogen-bond acceptors (Lipinski definition) is 3. The maximum Gasteiger partial charge on any atom is 0.146 e. The molecular weight excluding hydrogens is 194 g/mol. The first kappa shape index (κ1) is 11.4. The molecule has 1 N–H and O–H groups in total. The monoisotopic (exact) mass is 211 g/mol. The van der Waals surface area contributed by atoms with Crippen LogP contribution in [0.4, 0.5) is 0 Å². The highest BCUT2D eigenvalue weighted by molar-refractivity contribution is 7.07. The molecule has 0 unspecified atom stereocenters. The van der Waals surface area contributed by atoms with E-state index in [-0.39, 0.29) is 0 Å². The molecule has 3 heteroatoms. The SMILES string of the molecule is CCCNCC(=O)CCc1ccsc1. The molecule has 14 heavy (non-hydrogen) atoms. The van der Waals surface area contributed by atoms with Crippen molar-refractivity contribution in [1.82, 2.24) is 5.32 Å². The lowest BCUT2D eigenvalue weighted by molar-refractivity contribution is -0.118. The zero-order valence-corrected chi connectivity index (χ0v) is 9.40. The van der Waals surface area contributed by atoms with Crippen molar-refractivity contribution in [3.8, 4) is 0 Å². The standard InChI is InChI=1S/C11H17NOS/c1-2-6-12-8-11(13)4-3-10-5-7-14-9-10/h5,7,9,12H,2-4,6,8H2,1H3. The Labute approximate surface area is 89.3 Å². The van der Waals surface area contributed by atoms with Crippen LogP contribution in [0, 0.1) is 0 Å². The summed E-state index contributed by atoms with van der Waals surface area (Å²) in [5.74, 6) is 0.310. The maximum atomic E-state index is 11.4. The third-order valence-corrected chi connectivity index (χ3v) is 2.75. The third-order valence-electron chi connectivity index (χ3n) is 2.02. The number of carbonyl (C=O) groups excluding carboxylic acids is 1. The second-order valence-corrected chi connectivity index (χ2v) is 4.13. The van der Waals surface area contributed by atoms with E-state index in [4.69, 9.17) is 0 Å². The molecule has 1 aromatic rings. The van der Waals surface area contributed by atoms with E-state index >= 15 is 0 Å². The summed E-state index contributed by atoms with van der Waals surface area (Å²) in [6.07, 6.45) is 2.63. The molecule has 1 rings (SSSR count). The zero-order chi connectivity index (χ0) is 10.2. The Balaban J connectivity index is 2.09. The van der Waals surface area contributed by atoms with E-state index in [1.165, 1.54) is 5.56 Å². The summed E-state index contributed by atoms with van der Waals surface area (Å²) < 4.78 is 0. The largest absolute Gasteiger partial charge is 0.310 e. The molecule has 0 saturated carbocycles. The first-order valence-corrected chi connectivity index (χ1v) is 6.00. The Bertz CT molecular complexity index is 256. The Kier molecular flexibility index (Phi) is 5.49. The van der Waals surface area contributed by atoms with Crippen LogP contribution in [-0.4, -0.2) is 18.9 Å². The lowest BCUT2D eigenvalue weighted by Gasteiger charge is -2.01. The third kappa shape index (κ3) is 4.53. The van der Waals surface area contributed by atoms with E-state index < -0.39 is 0 Å². The average Bonchev–Trinajstić information content (AvgIpc) is 2.68. The number of Topliss-reactive ketones (excluding diaryl/α,β-unsaturated/α-hetero) is 1. The maximum absolute atomic E-state index is 11.4. The number of ketones is 1. The lowest BCUT2D eigenvalue weighted by atomic mass is 10.1. The van der Waals surface area contributed by atoms with Crippen molar-refractivity contribution in [2.24, 2.45) is 0 Å². The van der Waals surface area contributed by atoms with Gasteiger partial charge in [-0.15, -0.1) is 0 Å². The molecule has 2 nitrogen and oxygen atoms in total. The molecule has 0 saturated heterocycles. The molecule has 78 valence electrons. The van der Waals surface area contributed by atoms with E-state index in [1.54, 1.807) is 11.3 Å². The van der Waals surface area contributed by atoms with Gasteiger partial charge in [0.25, 0.3) is 0 Å². The molecule has 0 radical (unpaired) electrons. The van der Waals surface area contributed by atoms with Crippen LogP contribution in [0.3, 0.4) is 0 Å². The Morgan fingerprint density at radius 1 is 1.57 bits per heavy atom. The quantitative estimate of drug-likeness (QED) is 0.701. The van der Waals surface area contributed by atoms with Crippen LogP contribution in [0.2, 0.25) is 0 Å². The van der Waals surface area contributed by atoms with Gasteiger partial charge in [0.1, 0.15) is 5.78 Å². The Morgan fingerprint density at radius 3 is 3.07 bits per heavy atom. The van der Waals surface area contributed by atoms with Gasteiger partial charge in [-0.25, -0.2) is 0 Å². The number of aryl methyl sites for hydroxylation is 1. The normalized spacial score (nSPS) is 10.4. The van der Waals surface area contributed by atoms with Crippen molar-refractivity contribution in [1.29, 1.82) is 0 Å². The van der Waals surface area contributed by atoms with Crippen LogP contribution in [0.5, 0.6) is 0 Å². The van der Waals surface area contributed by atoms with E-state index in [0.29, 0.717) is 18.7 Å². The zero-order valence-electron chi connectivity index (χ0n) is 8.58. The van der Waals surface area contributed by atoms with Crippen molar-refractivity contribution >= 4 is 17.1 Å². The molecule has 0 aromatic carbocycles. The number of hydrogen-bond donors (Lipinski definition) is 1. The molecule has 0 bridgehead atoms. The van der Waals surface area contributed by atoms with Gasteiger partial charge in [0.05, 0.1) is 6.54 Å². The molecule has 1 aromatic heterocycles. The van der Waals surface area contributed by atoms with Gasteiger partial charge in [-0.05, 0) is 41.8 Å². The van der Waals surface area contributed by atoms with Gasteiger partial charge in [-0.2, -0.15) is 11.3 Å². The first-order chi connectivity index (χ1) is 6.83. The second-order valence-electron chi connectivity index (χ2n) is 3.35. The van der Waals surface area contributed by atoms with E-state index in [2.05, 4.69) is 29.1 Å². The van der Waals surface area contributed by atoms with Crippen molar-refractivity contribution in [2.75, 3.05) is 13.1 Å². The number of carbonyl (C=O) groups is 1. The summed E-state index contributed by atoms with van der Waals surface area (Å²) in [4.78, 5) is 11.4. The summed E-state index contributed by atoms with van der Waals surface area (Å²) in [5.41, 5.74) is 1.28. The topological polar surface area (TPSA) is 29.1 Å². The minimum absolute atomic E-state index is 0.310. The molecule has 0 atom stereocenters. The smallest absolute Gasteiger partial charge is 0.146 e. The fourth-order valence-electron chi connectivity index (χ4n) is 1.21. The minimum Gasteiger partial charge on any atom is -0.310 e. The van der Waals surface area contributed by atoms with Gasteiger partial charge in [0.15, 0.2) is 0 Å².